The Kier molecular flexibility index (Phi) is 7.97. The van der Waals surface area contributed by atoms with Crippen LogP contribution in [0.25, 0.3) is 0 Å². The van der Waals surface area contributed by atoms with Gasteiger partial charge in [0, 0.05) is 6.54 Å². The van der Waals surface area contributed by atoms with Crippen LogP contribution in [0.3, 0.4) is 0 Å². The van der Waals surface area contributed by atoms with Crippen LogP contribution in [0, 0.1) is 0 Å². The third-order valence-corrected chi connectivity index (χ3v) is 6.18. The Morgan fingerprint density at radius 3 is 2.38 bits per heavy atom. The van der Waals surface area contributed by atoms with Crippen molar-refractivity contribution in [2.75, 3.05) is 25.0 Å². The fourth-order valence-electron chi connectivity index (χ4n) is 2.85. The van der Waals surface area contributed by atoms with Gasteiger partial charge in [-0.2, -0.15) is 0 Å². The van der Waals surface area contributed by atoms with E-state index in [1.807, 2.05) is 30.3 Å². The maximum Gasteiger partial charge on any atom is 0.261 e. The summed E-state index contributed by atoms with van der Waals surface area (Å²) in [5.41, 5.74) is 1.44. The number of carbonyl (C=O) groups excluding carboxylic acids is 1. The van der Waals surface area contributed by atoms with Crippen molar-refractivity contribution in [2.24, 2.45) is 0 Å². The zero-order chi connectivity index (χ0) is 23.0. The average Bonchev–Trinajstić information content (AvgIpc) is 2.78. The predicted octanol–water partition coefficient (Wildman–Crippen LogP) is 3.89. The molecule has 32 heavy (non-hydrogen) atoms. The van der Waals surface area contributed by atoms with Gasteiger partial charge in [0.1, 0.15) is 11.5 Å². The lowest BCUT2D eigenvalue weighted by Gasteiger charge is -2.11. The third-order valence-electron chi connectivity index (χ3n) is 4.49. The average molecular weight is 475 g/mol. The molecule has 7 nitrogen and oxygen atoms in total. The first-order valence-corrected chi connectivity index (χ1v) is 11.6. The summed E-state index contributed by atoms with van der Waals surface area (Å²) in [5.74, 6) is 0.575. The number of ether oxygens (including phenoxy) is 2. The highest BCUT2D eigenvalue weighted by atomic mass is 35.5. The molecule has 0 aromatic heterocycles. The number of halogens is 1. The number of sulfonamides is 1. The number of benzene rings is 3. The van der Waals surface area contributed by atoms with Gasteiger partial charge >= 0.3 is 0 Å². The lowest BCUT2D eigenvalue weighted by Crippen LogP contribution is -2.30. The quantitative estimate of drug-likeness (QED) is 0.465. The van der Waals surface area contributed by atoms with Crippen LogP contribution in [-0.4, -0.2) is 34.6 Å². The Morgan fingerprint density at radius 2 is 1.72 bits per heavy atom. The standard InChI is InChI=1S/C23H23ClN2O5S/c1-30-22-12-7-18(15-21(22)24)26-32(28,29)20-10-8-19(9-11-20)31-16-23(27)25-14-13-17-5-3-2-4-6-17/h2-12,15,26H,13-14,16H2,1H3,(H,25,27). The Bertz CT molecular complexity index is 1150. The minimum absolute atomic E-state index is 0.0455. The summed E-state index contributed by atoms with van der Waals surface area (Å²) in [7, 11) is -2.35. The molecule has 0 bridgehead atoms. The maximum atomic E-state index is 12.6. The second kappa shape index (κ2) is 10.9. The summed E-state index contributed by atoms with van der Waals surface area (Å²) in [6.07, 6.45) is 0.728. The van der Waals surface area contributed by atoms with Crippen molar-refractivity contribution in [1.29, 1.82) is 0 Å². The van der Waals surface area contributed by atoms with Crippen LogP contribution < -0.4 is 19.5 Å². The number of amides is 1. The summed E-state index contributed by atoms with van der Waals surface area (Å²) < 4.78 is 38.1. The van der Waals surface area contributed by atoms with E-state index in [0.717, 1.165) is 12.0 Å². The van der Waals surface area contributed by atoms with E-state index in [1.165, 1.54) is 37.4 Å². The molecular formula is C23H23ClN2O5S. The van der Waals surface area contributed by atoms with E-state index < -0.39 is 10.0 Å². The van der Waals surface area contributed by atoms with E-state index in [0.29, 0.717) is 28.8 Å². The minimum Gasteiger partial charge on any atom is -0.495 e. The minimum atomic E-state index is -3.82. The van der Waals surface area contributed by atoms with Gasteiger partial charge < -0.3 is 14.8 Å². The van der Waals surface area contributed by atoms with Gasteiger partial charge in [0.2, 0.25) is 0 Å². The van der Waals surface area contributed by atoms with Gasteiger partial charge in [-0.3, -0.25) is 9.52 Å². The molecule has 0 heterocycles. The molecule has 0 radical (unpaired) electrons. The summed E-state index contributed by atoms with van der Waals surface area (Å²) in [6, 6.07) is 20.2. The lowest BCUT2D eigenvalue weighted by molar-refractivity contribution is -0.123. The van der Waals surface area contributed by atoms with Gasteiger partial charge in [-0.05, 0) is 54.4 Å². The third kappa shape index (κ3) is 6.63. The van der Waals surface area contributed by atoms with Crippen molar-refractivity contribution >= 4 is 33.2 Å². The van der Waals surface area contributed by atoms with Crippen LogP contribution in [0.15, 0.2) is 77.7 Å². The fraction of sp³-hybridized carbons (Fsp3) is 0.174. The molecule has 9 heteroatoms. The van der Waals surface area contributed by atoms with E-state index in [2.05, 4.69) is 10.0 Å². The zero-order valence-corrected chi connectivity index (χ0v) is 18.9. The van der Waals surface area contributed by atoms with E-state index in [9.17, 15) is 13.2 Å². The van der Waals surface area contributed by atoms with Crippen LogP contribution in [0.5, 0.6) is 11.5 Å². The number of nitrogens with one attached hydrogen (secondary N) is 2. The molecule has 0 saturated heterocycles. The molecule has 0 aliphatic carbocycles. The molecule has 0 atom stereocenters. The van der Waals surface area contributed by atoms with Gasteiger partial charge in [-0.15, -0.1) is 0 Å². The largest absolute Gasteiger partial charge is 0.495 e. The number of carbonyl (C=O) groups is 1. The summed E-state index contributed by atoms with van der Waals surface area (Å²) in [6.45, 7) is 0.341. The van der Waals surface area contributed by atoms with Crippen LogP contribution in [0.2, 0.25) is 5.02 Å². The van der Waals surface area contributed by atoms with Gasteiger partial charge in [0.15, 0.2) is 6.61 Å². The van der Waals surface area contributed by atoms with Crippen molar-refractivity contribution in [1.82, 2.24) is 5.32 Å². The summed E-state index contributed by atoms with van der Waals surface area (Å²) >= 11 is 6.04. The van der Waals surface area contributed by atoms with Crippen molar-refractivity contribution in [3.63, 3.8) is 0 Å². The van der Waals surface area contributed by atoms with E-state index >= 15 is 0 Å². The lowest BCUT2D eigenvalue weighted by atomic mass is 10.1. The number of hydrogen-bond acceptors (Lipinski definition) is 5. The van der Waals surface area contributed by atoms with Crippen LogP contribution in [0.4, 0.5) is 5.69 Å². The molecule has 0 saturated carbocycles. The molecule has 3 aromatic carbocycles. The first-order chi connectivity index (χ1) is 15.4. The monoisotopic (exact) mass is 474 g/mol. The molecule has 168 valence electrons. The van der Waals surface area contributed by atoms with Gasteiger partial charge in [-0.25, -0.2) is 8.42 Å². The zero-order valence-electron chi connectivity index (χ0n) is 17.4. The number of methoxy groups -OCH3 is 1. The fourth-order valence-corrected chi connectivity index (χ4v) is 4.16. The number of rotatable bonds is 10. The SMILES string of the molecule is COc1ccc(NS(=O)(=O)c2ccc(OCC(=O)NCCc3ccccc3)cc2)cc1Cl. The molecule has 0 spiro atoms. The van der Waals surface area contributed by atoms with Crippen LogP contribution >= 0.6 is 11.6 Å². The van der Waals surface area contributed by atoms with E-state index in [1.54, 1.807) is 12.1 Å². The highest BCUT2D eigenvalue weighted by Gasteiger charge is 2.15. The summed E-state index contributed by atoms with van der Waals surface area (Å²) in [5, 5.41) is 3.08. The molecule has 2 N–H and O–H groups in total. The van der Waals surface area contributed by atoms with Crippen molar-refractivity contribution < 1.29 is 22.7 Å². The molecule has 0 aliphatic heterocycles. The topological polar surface area (TPSA) is 93.7 Å². The van der Waals surface area contributed by atoms with Crippen LogP contribution in [-0.2, 0) is 21.2 Å². The first-order valence-electron chi connectivity index (χ1n) is 9.77. The van der Waals surface area contributed by atoms with E-state index in [-0.39, 0.29) is 17.4 Å². The molecular weight excluding hydrogens is 452 g/mol. The molecule has 1 amide bonds. The molecule has 0 aliphatic rings. The molecule has 3 aromatic rings. The summed E-state index contributed by atoms with van der Waals surface area (Å²) in [4.78, 5) is 12.0. The van der Waals surface area contributed by atoms with E-state index in [4.69, 9.17) is 21.1 Å². The van der Waals surface area contributed by atoms with Crippen molar-refractivity contribution in [3.05, 3.63) is 83.4 Å². The van der Waals surface area contributed by atoms with Gasteiger partial charge in [-0.1, -0.05) is 41.9 Å². The highest BCUT2D eigenvalue weighted by Crippen LogP contribution is 2.28. The van der Waals surface area contributed by atoms with Crippen molar-refractivity contribution in [3.8, 4) is 11.5 Å². The second-order valence-electron chi connectivity index (χ2n) is 6.80. The smallest absolute Gasteiger partial charge is 0.261 e. The molecule has 0 fully saturated rings. The van der Waals surface area contributed by atoms with Gasteiger partial charge in [0.05, 0.1) is 22.7 Å². The number of hydrogen-bond donors (Lipinski definition) is 2. The molecule has 0 unspecified atom stereocenters. The number of anilines is 1. The second-order valence-corrected chi connectivity index (χ2v) is 8.89. The highest BCUT2D eigenvalue weighted by molar-refractivity contribution is 7.92. The van der Waals surface area contributed by atoms with Gasteiger partial charge in [0.25, 0.3) is 15.9 Å². The molecule has 3 rings (SSSR count). The van der Waals surface area contributed by atoms with Crippen LogP contribution in [0.1, 0.15) is 5.56 Å². The van der Waals surface area contributed by atoms with Crippen molar-refractivity contribution in [2.45, 2.75) is 11.3 Å². The maximum absolute atomic E-state index is 12.6. The Hall–Kier alpha value is -3.23. The predicted molar refractivity (Wildman–Crippen MR) is 124 cm³/mol. The normalized spacial score (nSPS) is 10.9. The first kappa shape index (κ1) is 23.4. The Morgan fingerprint density at radius 1 is 1.00 bits per heavy atom. The Labute approximate surface area is 192 Å². The Balaban J connectivity index is 1.50.